The van der Waals surface area contributed by atoms with E-state index in [0.717, 1.165) is 17.5 Å². The third-order valence-corrected chi connectivity index (χ3v) is 3.29. The number of hydrogen-bond acceptors (Lipinski definition) is 1. The second-order valence-electron chi connectivity index (χ2n) is 5.54. The van der Waals surface area contributed by atoms with Crippen LogP contribution in [0.2, 0.25) is 0 Å². The number of halogens is 1. The monoisotopic (exact) mass is 306 g/mol. The highest BCUT2D eigenvalue weighted by Crippen LogP contribution is 2.21. The summed E-state index contributed by atoms with van der Waals surface area (Å²) < 4.78 is 6.88. The van der Waals surface area contributed by atoms with Crippen molar-refractivity contribution in [2.45, 2.75) is 32.8 Å². The van der Waals surface area contributed by atoms with Crippen LogP contribution in [0.3, 0.4) is 0 Å². The summed E-state index contributed by atoms with van der Waals surface area (Å²) in [5.41, 5.74) is 1.27. The average molecular weight is 307 g/mol. The Hall–Kier alpha value is -0.860. The van der Waals surface area contributed by atoms with E-state index in [4.69, 9.17) is 4.74 Å². The summed E-state index contributed by atoms with van der Waals surface area (Å²) in [7, 11) is 0. The number of ether oxygens (including phenoxy) is 1. The fourth-order valence-corrected chi connectivity index (χ4v) is 2.28. The molecule has 0 aliphatic heterocycles. The topological polar surface area (TPSA) is 9.23 Å². The summed E-state index contributed by atoms with van der Waals surface area (Å²) in [4.78, 5) is 0. The van der Waals surface area contributed by atoms with Crippen molar-refractivity contribution < 1.29 is 4.74 Å². The summed E-state index contributed by atoms with van der Waals surface area (Å²) in [6.07, 6.45) is 0.962. The lowest BCUT2D eigenvalue weighted by Gasteiger charge is -2.19. The minimum atomic E-state index is -0.0539. The molecule has 0 fully saturated rings. The van der Waals surface area contributed by atoms with E-state index in [2.05, 4.69) is 73.1 Å². The lowest BCUT2D eigenvalue weighted by Crippen LogP contribution is -2.20. The van der Waals surface area contributed by atoms with Crippen molar-refractivity contribution in [3.63, 3.8) is 0 Å². The molecule has 2 aromatic carbocycles. The molecule has 0 radical (unpaired) electrons. The molecule has 0 bridgehead atoms. The van der Waals surface area contributed by atoms with Crippen molar-refractivity contribution in [3.8, 4) is 0 Å². The van der Waals surface area contributed by atoms with E-state index in [0.29, 0.717) is 0 Å². The van der Waals surface area contributed by atoms with Gasteiger partial charge in [-0.2, -0.15) is 0 Å². The van der Waals surface area contributed by atoms with Crippen LogP contribution in [0.15, 0.2) is 40.9 Å². The van der Waals surface area contributed by atoms with Crippen LogP contribution in [0.1, 0.15) is 26.3 Å². The van der Waals surface area contributed by atoms with Gasteiger partial charge >= 0.3 is 0 Å². The first-order valence-corrected chi connectivity index (χ1v) is 7.05. The lowest BCUT2D eigenvalue weighted by atomic mass is 10.1. The normalized spacial score (nSPS) is 12.0. The lowest BCUT2D eigenvalue weighted by molar-refractivity contribution is -0.000966. The van der Waals surface area contributed by atoms with Crippen molar-refractivity contribution in [3.05, 3.63) is 46.4 Å². The van der Waals surface area contributed by atoms with Gasteiger partial charge in [0.1, 0.15) is 0 Å². The second kappa shape index (κ2) is 5.41. The summed E-state index contributed by atoms with van der Waals surface area (Å²) in [5, 5.41) is 2.55. The van der Waals surface area contributed by atoms with E-state index in [1.807, 2.05) is 0 Å². The number of rotatable bonds is 3. The van der Waals surface area contributed by atoms with Gasteiger partial charge in [0.25, 0.3) is 0 Å². The van der Waals surface area contributed by atoms with Gasteiger partial charge in [-0.25, -0.2) is 0 Å². The van der Waals surface area contributed by atoms with Gasteiger partial charge in [0.2, 0.25) is 0 Å². The molecule has 0 N–H and O–H groups in total. The Labute approximate surface area is 117 Å². The molecule has 0 amide bonds. The van der Waals surface area contributed by atoms with Crippen molar-refractivity contribution in [1.29, 1.82) is 0 Å². The molecule has 0 unspecified atom stereocenters. The Bertz CT molecular complexity index is 540. The zero-order chi connectivity index (χ0) is 13.2. The van der Waals surface area contributed by atoms with E-state index < -0.39 is 0 Å². The zero-order valence-electron chi connectivity index (χ0n) is 11.2. The zero-order valence-corrected chi connectivity index (χ0v) is 12.8. The quantitative estimate of drug-likeness (QED) is 0.779. The molecule has 0 heterocycles. The standard InChI is InChI=1S/C16H19BrO/c1-16(2,3)18-9-8-12-4-5-14-11-15(17)7-6-13(14)10-12/h4-7,10-11H,8-9H2,1-3H3. The maximum Gasteiger partial charge on any atom is 0.0598 e. The van der Waals surface area contributed by atoms with Crippen LogP contribution in [0.4, 0.5) is 0 Å². The van der Waals surface area contributed by atoms with Gasteiger partial charge < -0.3 is 4.74 Å². The third kappa shape index (κ3) is 3.82. The van der Waals surface area contributed by atoms with E-state index >= 15 is 0 Å². The molecule has 18 heavy (non-hydrogen) atoms. The van der Waals surface area contributed by atoms with E-state index in [1.54, 1.807) is 0 Å². The van der Waals surface area contributed by atoms with Crippen LogP contribution in [0.5, 0.6) is 0 Å². The van der Waals surface area contributed by atoms with Crippen LogP contribution in [-0.2, 0) is 11.2 Å². The Morgan fingerprint density at radius 1 is 1.00 bits per heavy atom. The minimum Gasteiger partial charge on any atom is -0.376 e. The molecule has 2 aromatic rings. The van der Waals surface area contributed by atoms with Crippen molar-refractivity contribution in [2.75, 3.05) is 6.61 Å². The van der Waals surface area contributed by atoms with Crippen LogP contribution in [0, 0.1) is 0 Å². The first-order valence-electron chi connectivity index (χ1n) is 6.26. The second-order valence-corrected chi connectivity index (χ2v) is 6.45. The van der Waals surface area contributed by atoms with Gasteiger partial charge in [-0.1, -0.05) is 40.2 Å². The SMILES string of the molecule is CC(C)(C)OCCc1ccc2cc(Br)ccc2c1. The summed E-state index contributed by atoms with van der Waals surface area (Å²) in [6, 6.07) is 13.0. The fourth-order valence-electron chi connectivity index (χ4n) is 1.90. The first kappa shape index (κ1) is 13.6. The number of hydrogen-bond donors (Lipinski definition) is 0. The van der Waals surface area contributed by atoms with Gasteiger partial charge in [-0.3, -0.25) is 0 Å². The molecule has 2 heteroatoms. The largest absolute Gasteiger partial charge is 0.376 e. The minimum absolute atomic E-state index is 0.0539. The summed E-state index contributed by atoms with van der Waals surface area (Å²) >= 11 is 3.49. The molecule has 0 saturated heterocycles. The van der Waals surface area contributed by atoms with E-state index in [9.17, 15) is 0 Å². The van der Waals surface area contributed by atoms with Crippen molar-refractivity contribution in [2.24, 2.45) is 0 Å². The average Bonchev–Trinajstić information content (AvgIpc) is 2.27. The van der Waals surface area contributed by atoms with Crippen LogP contribution in [0.25, 0.3) is 10.8 Å². The van der Waals surface area contributed by atoms with Gasteiger partial charge in [-0.15, -0.1) is 0 Å². The Kier molecular flexibility index (Phi) is 4.08. The van der Waals surface area contributed by atoms with Gasteiger partial charge in [-0.05, 0) is 55.7 Å². The molecule has 0 saturated carbocycles. The maximum absolute atomic E-state index is 5.76. The highest BCUT2D eigenvalue weighted by molar-refractivity contribution is 9.10. The smallest absolute Gasteiger partial charge is 0.0598 e. The fraction of sp³-hybridized carbons (Fsp3) is 0.375. The molecular weight excluding hydrogens is 288 g/mol. The predicted octanol–water partition coefficient (Wildman–Crippen LogP) is 4.96. The third-order valence-electron chi connectivity index (χ3n) is 2.79. The van der Waals surface area contributed by atoms with Crippen LogP contribution >= 0.6 is 15.9 Å². The highest BCUT2D eigenvalue weighted by atomic mass is 79.9. The Balaban J connectivity index is 2.08. The maximum atomic E-state index is 5.76. The molecule has 0 aliphatic carbocycles. The number of fused-ring (bicyclic) bond motifs is 1. The van der Waals surface area contributed by atoms with E-state index in [-0.39, 0.29) is 5.60 Å². The molecular formula is C16H19BrO. The first-order chi connectivity index (χ1) is 8.44. The molecule has 96 valence electrons. The van der Waals surface area contributed by atoms with Gasteiger partial charge in [0, 0.05) is 4.47 Å². The molecule has 1 nitrogen and oxygen atoms in total. The number of benzene rings is 2. The molecule has 2 rings (SSSR count). The molecule has 0 spiro atoms. The Morgan fingerprint density at radius 2 is 1.67 bits per heavy atom. The predicted molar refractivity (Wildman–Crippen MR) is 81.1 cm³/mol. The van der Waals surface area contributed by atoms with Crippen LogP contribution in [-0.4, -0.2) is 12.2 Å². The molecule has 0 atom stereocenters. The summed E-state index contributed by atoms with van der Waals surface area (Å²) in [5.74, 6) is 0. The van der Waals surface area contributed by atoms with Crippen LogP contribution < -0.4 is 0 Å². The highest BCUT2D eigenvalue weighted by Gasteiger charge is 2.09. The van der Waals surface area contributed by atoms with Crippen molar-refractivity contribution in [1.82, 2.24) is 0 Å². The molecule has 0 aromatic heterocycles. The summed E-state index contributed by atoms with van der Waals surface area (Å²) in [6.45, 7) is 7.03. The molecule has 0 aliphatic rings. The van der Waals surface area contributed by atoms with Crippen molar-refractivity contribution >= 4 is 26.7 Å². The van der Waals surface area contributed by atoms with E-state index in [1.165, 1.54) is 16.3 Å². The van der Waals surface area contributed by atoms with Gasteiger partial charge in [0.15, 0.2) is 0 Å². The van der Waals surface area contributed by atoms with Gasteiger partial charge in [0.05, 0.1) is 12.2 Å². The Morgan fingerprint density at radius 3 is 2.39 bits per heavy atom.